The van der Waals surface area contributed by atoms with Gasteiger partial charge in [-0.3, -0.25) is 4.90 Å². The maximum atomic E-state index is 12.0. The van der Waals surface area contributed by atoms with E-state index in [-0.39, 0.29) is 6.61 Å². The Morgan fingerprint density at radius 3 is 2.65 bits per heavy atom. The van der Waals surface area contributed by atoms with Crippen molar-refractivity contribution in [2.45, 2.75) is 45.3 Å². The van der Waals surface area contributed by atoms with Crippen molar-refractivity contribution in [3.05, 3.63) is 0 Å². The topological polar surface area (TPSA) is 55.8 Å². The van der Waals surface area contributed by atoms with Crippen molar-refractivity contribution in [1.29, 1.82) is 0 Å². The minimum atomic E-state index is -0.874. The monoisotopic (exact) mass is 243 g/mol. The quantitative estimate of drug-likeness (QED) is 0.691. The van der Waals surface area contributed by atoms with Crippen molar-refractivity contribution in [3.63, 3.8) is 0 Å². The molecule has 1 aliphatic rings. The number of amides is 1. The van der Waals surface area contributed by atoms with Gasteiger partial charge in [0.15, 0.2) is 0 Å². The van der Waals surface area contributed by atoms with Crippen LogP contribution in [0.4, 0.5) is 4.79 Å². The maximum absolute atomic E-state index is 12.0. The van der Waals surface area contributed by atoms with Crippen LogP contribution < -0.4 is 0 Å². The highest BCUT2D eigenvalue weighted by Crippen LogP contribution is 2.24. The Labute approximate surface area is 102 Å². The molecule has 1 unspecified atom stereocenters. The second-order valence-corrected chi connectivity index (χ2v) is 5.26. The van der Waals surface area contributed by atoms with Crippen LogP contribution in [0, 0.1) is 0 Å². The fourth-order valence-corrected chi connectivity index (χ4v) is 1.77. The Kier molecular flexibility index (Phi) is 4.14. The van der Waals surface area contributed by atoms with Crippen LogP contribution >= 0.6 is 0 Å². The molecule has 1 heterocycles. The Morgan fingerprint density at radius 1 is 1.53 bits per heavy atom. The second kappa shape index (κ2) is 5.04. The van der Waals surface area contributed by atoms with Gasteiger partial charge in [0, 0.05) is 6.54 Å². The van der Waals surface area contributed by atoms with Crippen LogP contribution in [0.1, 0.15) is 34.1 Å². The van der Waals surface area contributed by atoms with Gasteiger partial charge in [0.1, 0.15) is 17.4 Å². The van der Waals surface area contributed by atoms with E-state index in [1.807, 2.05) is 6.92 Å². The summed E-state index contributed by atoms with van der Waals surface area (Å²) in [6.07, 6.45) is 0.862. The van der Waals surface area contributed by atoms with Crippen LogP contribution in [0.15, 0.2) is 0 Å². The Hall–Kier alpha value is -1.10. The molecule has 0 radical (unpaired) electrons. The first-order valence-electron chi connectivity index (χ1n) is 5.89. The summed E-state index contributed by atoms with van der Waals surface area (Å²) in [5, 5.41) is 0. The second-order valence-electron chi connectivity index (χ2n) is 5.26. The molecule has 1 fully saturated rings. The molecular formula is C12H21NO4. The highest BCUT2D eigenvalue weighted by molar-refractivity contribution is 5.77. The van der Waals surface area contributed by atoms with E-state index in [1.54, 1.807) is 20.8 Å². The fraction of sp³-hybridized carbons (Fsp3) is 0.833. The van der Waals surface area contributed by atoms with E-state index < -0.39 is 17.2 Å². The van der Waals surface area contributed by atoms with Crippen molar-refractivity contribution in [2.75, 3.05) is 19.8 Å². The van der Waals surface area contributed by atoms with Gasteiger partial charge in [-0.2, -0.15) is 0 Å². The lowest BCUT2D eigenvalue weighted by Gasteiger charge is -2.42. The molecule has 0 aromatic carbocycles. The normalized spacial score (nSPS) is 25.5. The third-order valence-electron chi connectivity index (χ3n) is 2.79. The van der Waals surface area contributed by atoms with Crippen LogP contribution in [0.5, 0.6) is 0 Å². The molecule has 0 aliphatic carbocycles. The number of hydrogen-bond donors (Lipinski definition) is 0. The predicted molar refractivity (Wildman–Crippen MR) is 62.8 cm³/mol. The lowest BCUT2D eigenvalue weighted by Crippen LogP contribution is -2.60. The molecule has 0 spiro atoms. The minimum Gasteiger partial charge on any atom is -0.444 e. The smallest absolute Gasteiger partial charge is 0.411 e. The van der Waals surface area contributed by atoms with E-state index in [1.165, 1.54) is 4.90 Å². The van der Waals surface area contributed by atoms with Gasteiger partial charge in [-0.15, -0.1) is 0 Å². The zero-order chi connectivity index (χ0) is 13.1. The molecule has 1 rings (SSSR count). The Morgan fingerprint density at radius 2 is 2.18 bits per heavy atom. The van der Waals surface area contributed by atoms with Crippen LogP contribution in [0.25, 0.3) is 0 Å². The molecule has 0 aromatic rings. The summed E-state index contributed by atoms with van der Waals surface area (Å²) in [5.74, 6) is 0. The Balaban J connectivity index is 2.85. The van der Waals surface area contributed by atoms with E-state index >= 15 is 0 Å². The first-order valence-corrected chi connectivity index (χ1v) is 5.89. The van der Waals surface area contributed by atoms with E-state index in [2.05, 4.69) is 0 Å². The van der Waals surface area contributed by atoms with E-state index in [0.717, 1.165) is 6.29 Å². The van der Waals surface area contributed by atoms with Gasteiger partial charge in [-0.1, -0.05) is 6.92 Å². The molecule has 0 aromatic heterocycles. The molecular weight excluding hydrogens is 222 g/mol. The zero-order valence-electron chi connectivity index (χ0n) is 11.0. The lowest BCUT2D eigenvalue weighted by atomic mass is 9.96. The molecule has 1 amide bonds. The average Bonchev–Trinajstić information content (AvgIpc) is 2.26. The summed E-state index contributed by atoms with van der Waals surface area (Å²) >= 11 is 0. The largest absolute Gasteiger partial charge is 0.444 e. The molecule has 0 bridgehead atoms. The van der Waals surface area contributed by atoms with Gasteiger partial charge in [-0.25, -0.2) is 4.79 Å². The number of carbonyl (C=O) groups excluding carboxylic acids is 2. The minimum absolute atomic E-state index is 0.242. The lowest BCUT2D eigenvalue weighted by molar-refractivity contribution is -0.130. The molecule has 98 valence electrons. The van der Waals surface area contributed by atoms with Gasteiger partial charge in [0.25, 0.3) is 0 Å². The number of aldehydes is 1. The number of hydrogen-bond acceptors (Lipinski definition) is 4. The summed E-state index contributed by atoms with van der Waals surface area (Å²) in [6.45, 7) is 8.35. The van der Waals surface area contributed by atoms with E-state index in [0.29, 0.717) is 19.6 Å². The van der Waals surface area contributed by atoms with Crippen LogP contribution in [-0.2, 0) is 14.3 Å². The zero-order valence-corrected chi connectivity index (χ0v) is 11.0. The predicted octanol–water partition coefficient (Wildman–Crippen LogP) is 1.60. The molecule has 1 saturated heterocycles. The molecule has 5 heteroatoms. The van der Waals surface area contributed by atoms with Crippen molar-refractivity contribution in [2.24, 2.45) is 0 Å². The highest BCUT2D eigenvalue weighted by atomic mass is 16.6. The first kappa shape index (κ1) is 14.0. The molecule has 5 nitrogen and oxygen atoms in total. The van der Waals surface area contributed by atoms with E-state index in [9.17, 15) is 9.59 Å². The summed E-state index contributed by atoms with van der Waals surface area (Å²) < 4.78 is 10.6. The summed E-state index contributed by atoms with van der Waals surface area (Å²) in [7, 11) is 0. The third kappa shape index (κ3) is 3.19. The van der Waals surface area contributed by atoms with Crippen LogP contribution in [0.3, 0.4) is 0 Å². The first-order chi connectivity index (χ1) is 7.84. The number of carbonyl (C=O) groups is 2. The van der Waals surface area contributed by atoms with Crippen molar-refractivity contribution >= 4 is 12.4 Å². The summed E-state index contributed by atoms with van der Waals surface area (Å²) in [4.78, 5) is 24.8. The third-order valence-corrected chi connectivity index (χ3v) is 2.79. The van der Waals surface area contributed by atoms with Crippen LogP contribution in [0.2, 0.25) is 0 Å². The number of rotatable bonds is 2. The number of ether oxygens (including phenoxy) is 2. The van der Waals surface area contributed by atoms with Crippen molar-refractivity contribution in [3.8, 4) is 0 Å². The van der Waals surface area contributed by atoms with Crippen molar-refractivity contribution < 1.29 is 19.1 Å². The molecule has 17 heavy (non-hydrogen) atoms. The van der Waals surface area contributed by atoms with Gasteiger partial charge in [-0.05, 0) is 27.2 Å². The van der Waals surface area contributed by atoms with Crippen molar-refractivity contribution in [1.82, 2.24) is 4.90 Å². The maximum Gasteiger partial charge on any atom is 0.411 e. The SMILES string of the molecule is CCC1(C=O)COCCN1C(=O)OC(C)(C)C. The molecule has 1 atom stereocenters. The summed E-state index contributed by atoms with van der Waals surface area (Å²) in [6, 6.07) is 0. The summed E-state index contributed by atoms with van der Waals surface area (Å²) in [5.41, 5.74) is -1.43. The number of morpholine rings is 1. The Bertz CT molecular complexity index is 297. The highest BCUT2D eigenvalue weighted by Gasteiger charge is 2.42. The van der Waals surface area contributed by atoms with Gasteiger partial charge in [0.05, 0.1) is 13.2 Å². The van der Waals surface area contributed by atoms with Gasteiger partial charge < -0.3 is 14.3 Å². The fourth-order valence-electron chi connectivity index (χ4n) is 1.77. The van der Waals surface area contributed by atoms with E-state index in [4.69, 9.17) is 9.47 Å². The molecule has 0 saturated carbocycles. The van der Waals surface area contributed by atoms with Gasteiger partial charge in [0.2, 0.25) is 0 Å². The molecule has 1 aliphatic heterocycles. The molecule has 0 N–H and O–H groups in total. The van der Waals surface area contributed by atoms with Gasteiger partial charge >= 0.3 is 6.09 Å². The van der Waals surface area contributed by atoms with Crippen LogP contribution in [-0.4, -0.2) is 48.2 Å². The average molecular weight is 243 g/mol. The number of nitrogens with zero attached hydrogens (tertiary/aromatic N) is 1. The standard InChI is InChI=1S/C12H21NO4/c1-5-12(8-14)9-16-7-6-13(12)10(15)17-11(2,3)4/h8H,5-7,9H2,1-4H3.